The van der Waals surface area contributed by atoms with Gasteiger partial charge in [0.1, 0.15) is 12.5 Å². The van der Waals surface area contributed by atoms with E-state index in [0.29, 0.717) is 18.5 Å². The normalized spacial score (nSPS) is 19.7. The molecule has 1 fully saturated rings. The molecule has 2 atom stereocenters. The smallest absolute Gasteiger partial charge is 0.256 e. The van der Waals surface area contributed by atoms with Gasteiger partial charge in [-0.05, 0) is 25.0 Å². The van der Waals surface area contributed by atoms with Crippen LogP contribution in [0.1, 0.15) is 12.8 Å². The lowest BCUT2D eigenvalue weighted by molar-refractivity contribution is -0.122. The van der Waals surface area contributed by atoms with Gasteiger partial charge in [0.15, 0.2) is 0 Å². The number of para-hydroxylation sites is 1. The van der Waals surface area contributed by atoms with Crippen molar-refractivity contribution >= 4 is 17.9 Å². The number of amides is 1. The van der Waals surface area contributed by atoms with Gasteiger partial charge in [-0.1, -0.05) is 18.2 Å². The van der Waals surface area contributed by atoms with Gasteiger partial charge in [0.05, 0.1) is 18.7 Å². The maximum atomic E-state index is 12.4. The Morgan fingerprint density at radius 1 is 1.48 bits per heavy atom. The fourth-order valence-electron chi connectivity index (χ4n) is 2.49. The SMILES string of the molecule is N#C[C@@H]1CCCN1[C@@H](NCC=O)C(=O)Nc1ccccc1. The first-order valence-corrected chi connectivity index (χ1v) is 6.94. The predicted octanol–water partition coefficient (Wildman–Crippen LogP) is 0.728. The average Bonchev–Trinajstić information content (AvgIpc) is 2.97. The Morgan fingerprint density at radius 2 is 2.24 bits per heavy atom. The minimum absolute atomic E-state index is 0.0710. The topological polar surface area (TPSA) is 85.2 Å². The summed E-state index contributed by atoms with van der Waals surface area (Å²) in [5, 5.41) is 14.9. The lowest BCUT2D eigenvalue weighted by Crippen LogP contribution is -2.55. The Labute approximate surface area is 123 Å². The Bertz CT molecular complexity index is 526. The summed E-state index contributed by atoms with van der Waals surface area (Å²) in [5.41, 5.74) is 0.688. The molecule has 1 aromatic rings. The highest BCUT2D eigenvalue weighted by Crippen LogP contribution is 2.19. The molecule has 1 aromatic carbocycles. The molecule has 0 aliphatic carbocycles. The summed E-state index contributed by atoms with van der Waals surface area (Å²) in [6.07, 6.45) is 1.65. The minimum Gasteiger partial charge on any atom is -0.324 e. The van der Waals surface area contributed by atoms with Crippen LogP contribution in [0.15, 0.2) is 30.3 Å². The number of aldehydes is 1. The molecule has 1 aliphatic rings. The van der Waals surface area contributed by atoms with Crippen LogP contribution in [-0.2, 0) is 9.59 Å². The van der Waals surface area contributed by atoms with E-state index >= 15 is 0 Å². The van der Waals surface area contributed by atoms with Crippen LogP contribution in [0.4, 0.5) is 5.69 Å². The van der Waals surface area contributed by atoms with Crippen LogP contribution < -0.4 is 10.6 Å². The molecule has 1 saturated heterocycles. The number of benzene rings is 1. The summed E-state index contributed by atoms with van der Waals surface area (Å²) in [4.78, 5) is 24.8. The van der Waals surface area contributed by atoms with Gasteiger partial charge in [0, 0.05) is 12.2 Å². The Hall–Kier alpha value is -2.23. The van der Waals surface area contributed by atoms with Gasteiger partial charge >= 0.3 is 0 Å². The van der Waals surface area contributed by atoms with Crippen LogP contribution in [0, 0.1) is 11.3 Å². The van der Waals surface area contributed by atoms with Crippen molar-refractivity contribution in [3.8, 4) is 6.07 Å². The molecule has 2 rings (SSSR count). The van der Waals surface area contributed by atoms with Crippen molar-refractivity contribution in [2.24, 2.45) is 0 Å². The third-order valence-electron chi connectivity index (χ3n) is 3.46. The molecule has 6 nitrogen and oxygen atoms in total. The van der Waals surface area contributed by atoms with E-state index in [2.05, 4.69) is 16.7 Å². The van der Waals surface area contributed by atoms with Crippen molar-refractivity contribution in [1.29, 1.82) is 5.26 Å². The molecule has 0 saturated carbocycles. The Balaban J connectivity index is 2.09. The molecular formula is C15H18N4O2. The number of nitrogens with zero attached hydrogens (tertiary/aromatic N) is 2. The van der Waals surface area contributed by atoms with Crippen molar-refractivity contribution in [3.05, 3.63) is 30.3 Å². The highest BCUT2D eigenvalue weighted by molar-refractivity contribution is 5.94. The van der Waals surface area contributed by atoms with Crippen LogP contribution >= 0.6 is 0 Å². The van der Waals surface area contributed by atoms with E-state index < -0.39 is 6.17 Å². The Morgan fingerprint density at radius 3 is 2.90 bits per heavy atom. The van der Waals surface area contributed by atoms with Crippen LogP contribution in [0.25, 0.3) is 0 Å². The number of rotatable bonds is 6. The lowest BCUT2D eigenvalue weighted by Gasteiger charge is -2.29. The van der Waals surface area contributed by atoms with Gasteiger partial charge in [0.25, 0.3) is 5.91 Å². The number of likely N-dealkylation sites (tertiary alicyclic amines) is 1. The first-order chi connectivity index (χ1) is 10.3. The number of nitrogens with one attached hydrogen (secondary N) is 2. The monoisotopic (exact) mass is 286 g/mol. The van der Waals surface area contributed by atoms with Crippen LogP contribution in [0.2, 0.25) is 0 Å². The number of anilines is 1. The summed E-state index contributed by atoms with van der Waals surface area (Å²) in [6.45, 7) is 0.735. The molecule has 6 heteroatoms. The van der Waals surface area contributed by atoms with E-state index in [1.807, 2.05) is 23.1 Å². The van der Waals surface area contributed by atoms with Crippen molar-refractivity contribution in [2.45, 2.75) is 25.0 Å². The van der Waals surface area contributed by atoms with Crippen LogP contribution in [0.5, 0.6) is 0 Å². The summed E-state index contributed by atoms with van der Waals surface area (Å²) >= 11 is 0. The zero-order valence-corrected chi connectivity index (χ0v) is 11.7. The van der Waals surface area contributed by atoms with Crippen molar-refractivity contribution in [2.75, 3.05) is 18.4 Å². The molecular weight excluding hydrogens is 268 g/mol. The second kappa shape index (κ2) is 7.53. The van der Waals surface area contributed by atoms with Gasteiger partial charge < -0.3 is 10.1 Å². The molecule has 0 bridgehead atoms. The molecule has 0 radical (unpaired) electrons. The molecule has 21 heavy (non-hydrogen) atoms. The molecule has 2 N–H and O–H groups in total. The third-order valence-corrected chi connectivity index (χ3v) is 3.46. The second-order valence-electron chi connectivity index (χ2n) is 4.86. The molecule has 1 aliphatic heterocycles. The molecule has 1 amide bonds. The zero-order chi connectivity index (χ0) is 15.1. The third kappa shape index (κ3) is 3.88. The van der Waals surface area contributed by atoms with Gasteiger partial charge in [0.2, 0.25) is 0 Å². The average molecular weight is 286 g/mol. The number of carbonyl (C=O) groups excluding carboxylic acids is 2. The quantitative estimate of drug-likeness (QED) is 0.753. The van der Waals surface area contributed by atoms with E-state index in [0.717, 1.165) is 12.8 Å². The predicted molar refractivity (Wildman–Crippen MR) is 78.3 cm³/mol. The lowest BCUT2D eigenvalue weighted by atomic mass is 10.2. The number of hydrogen-bond donors (Lipinski definition) is 2. The number of carbonyl (C=O) groups is 2. The summed E-state index contributed by atoms with van der Waals surface area (Å²) in [5.74, 6) is -0.259. The Kier molecular flexibility index (Phi) is 5.43. The molecule has 0 aromatic heterocycles. The highest BCUT2D eigenvalue weighted by atomic mass is 16.2. The van der Waals surface area contributed by atoms with E-state index in [-0.39, 0.29) is 18.5 Å². The van der Waals surface area contributed by atoms with Gasteiger partial charge in [-0.3, -0.25) is 15.0 Å². The first-order valence-electron chi connectivity index (χ1n) is 6.94. The molecule has 0 spiro atoms. The summed E-state index contributed by atoms with van der Waals surface area (Å²) in [7, 11) is 0. The zero-order valence-electron chi connectivity index (χ0n) is 11.7. The van der Waals surface area contributed by atoms with Crippen molar-refractivity contribution in [1.82, 2.24) is 10.2 Å². The first kappa shape index (κ1) is 15.2. The molecule has 1 heterocycles. The van der Waals surface area contributed by atoms with Crippen molar-refractivity contribution in [3.63, 3.8) is 0 Å². The van der Waals surface area contributed by atoms with E-state index in [9.17, 15) is 9.59 Å². The molecule has 110 valence electrons. The number of nitriles is 1. The van der Waals surface area contributed by atoms with Crippen molar-refractivity contribution < 1.29 is 9.59 Å². The minimum atomic E-state index is -0.678. The van der Waals surface area contributed by atoms with Gasteiger partial charge in [-0.2, -0.15) is 5.26 Å². The van der Waals surface area contributed by atoms with Gasteiger partial charge in [-0.25, -0.2) is 0 Å². The van der Waals surface area contributed by atoms with E-state index in [1.54, 1.807) is 12.1 Å². The molecule has 0 unspecified atom stereocenters. The summed E-state index contributed by atoms with van der Waals surface area (Å²) < 4.78 is 0. The fraction of sp³-hybridized carbons (Fsp3) is 0.400. The maximum absolute atomic E-state index is 12.4. The summed E-state index contributed by atoms with van der Waals surface area (Å²) in [6, 6.07) is 11.0. The van der Waals surface area contributed by atoms with E-state index in [1.165, 1.54) is 0 Å². The van der Waals surface area contributed by atoms with Crippen LogP contribution in [-0.4, -0.2) is 42.4 Å². The highest BCUT2D eigenvalue weighted by Gasteiger charge is 2.34. The number of hydrogen-bond acceptors (Lipinski definition) is 5. The van der Waals surface area contributed by atoms with Gasteiger partial charge in [-0.15, -0.1) is 0 Å². The maximum Gasteiger partial charge on any atom is 0.256 e. The fourth-order valence-corrected chi connectivity index (χ4v) is 2.49. The van der Waals surface area contributed by atoms with Crippen LogP contribution in [0.3, 0.4) is 0 Å². The second-order valence-corrected chi connectivity index (χ2v) is 4.86. The largest absolute Gasteiger partial charge is 0.324 e. The van der Waals surface area contributed by atoms with E-state index in [4.69, 9.17) is 5.26 Å². The standard InChI is InChI=1S/C15H18N4O2/c16-11-13-7-4-9-19(13)14(17-8-10-20)15(21)18-12-5-2-1-3-6-12/h1-3,5-6,10,13-14,17H,4,7-9H2,(H,18,21)/t13-,14+/m0/s1.